The van der Waals surface area contributed by atoms with Gasteiger partial charge < -0.3 is 14.6 Å². The highest BCUT2D eigenvalue weighted by atomic mass is 19.4. The maximum atomic E-state index is 14.3. The van der Waals surface area contributed by atoms with Gasteiger partial charge in [-0.1, -0.05) is 32.4 Å². The number of carbonyl (C=O) groups excluding carboxylic acids is 1. The van der Waals surface area contributed by atoms with Crippen LogP contribution in [-0.4, -0.2) is 46.6 Å². The van der Waals surface area contributed by atoms with E-state index in [4.69, 9.17) is 0 Å². The lowest BCUT2D eigenvalue weighted by Crippen LogP contribution is -2.71. The molecule has 4 unspecified atom stereocenters. The zero-order valence-electron chi connectivity index (χ0n) is 19.8. The first-order chi connectivity index (χ1) is 14.7. The molecule has 0 aromatic heterocycles. The number of ether oxygens (including phenoxy) is 2. The van der Waals surface area contributed by atoms with E-state index in [2.05, 4.69) is 9.47 Å². The SMILES string of the molecule is CCC(C)(C)C(C)(C=C(C)C)C(=O)OC1(C(F)(F)F)CC(C)(C(F)(F)F)OC(O)(C(F)(F)F)C1. The summed E-state index contributed by atoms with van der Waals surface area (Å²) < 4.78 is 133. The minimum absolute atomic E-state index is 0.0670. The zero-order valence-corrected chi connectivity index (χ0v) is 19.8. The van der Waals surface area contributed by atoms with Crippen molar-refractivity contribution in [2.45, 2.75) is 103 Å². The van der Waals surface area contributed by atoms with E-state index in [0.29, 0.717) is 5.57 Å². The molecular weight excluding hydrogens is 487 g/mol. The summed E-state index contributed by atoms with van der Waals surface area (Å²) in [7, 11) is 0. The Hall–Kier alpha value is -1.50. The van der Waals surface area contributed by atoms with Gasteiger partial charge in [0.05, 0.1) is 11.8 Å². The molecule has 0 spiro atoms. The number of rotatable bonds is 5. The normalized spacial score (nSPS) is 31.0. The minimum Gasteiger partial charge on any atom is -0.448 e. The Balaban J connectivity index is 3.86. The van der Waals surface area contributed by atoms with E-state index in [-0.39, 0.29) is 13.3 Å². The Bertz CT molecular complexity index is 781. The topological polar surface area (TPSA) is 55.8 Å². The van der Waals surface area contributed by atoms with Gasteiger partial charge in [-0.15, -0.1) is 0 Å². The molecule has 1 fully saturated rings. The summed E-state index contributed by atoms with van der Waals surface area (Å²) in [5.74, 6) is -6.59. The average Bonchev–Trinajstić information content (AvgIpc) is 2.57. The van der Waals surface area contributed by atoms with Crippen molar-refractivity contribution in [2.75, 3.05) is 0 Å². The molecule has 1 aliphatic rings. The number of hydrogen-bond acceptors (Lipinski definition) is 4. The smallest absolute Gasteiger partial charge is 0.443 e. The van der Waals surface area contributed by atoms with Crippen molar-refractivity contribution in [2.24, 2.45) is 10.8 Å². The molecule has 1 N–H and O–H groups in total. The fourth-order valence-electron chi connectivity index (χ4n) is 3.84. The van der Waals surface area contributed by atoms with Crippen molar-refractivity contribution in [3.63, 3.8) is 0 Å². The van der Waals surface area contributed by atoms with Gasteiger partial charge >= 0.3 is 24.5 Å². The summed E-state index contributed by atoms with van der Waals surface area (Å²) in [5, 5.41) is 9.92. The van der Waals surface area contributed by atoms with Gasteiger partial charge in [0, 0.05) is 6.42 Å². The van der Waals surface area contributed by atoms with Crippen LogP contribution in [-0.2, 0) is 14.3 Å². The van der Waals surface area contributed by atoms with Crippen LogP contribution in [0, 0.1) is 10.8 Å². The molecule has 0 radical (unpaired) electrons. The maximum Gasteiger partial charge on any atom is 0.443 e. The molecule has 1 aliphatic heterocycles. The molecular formula is C21H29F9O4. The van der Waals surface area contributed by atoms with E-state index in [9.17, 15) is 49.4 Å². The fourth-order valence-corrected chi connectivity index (χ4v) is 3.84. The molecule has 0 bridgehead atoms. The molecule has 0 aromatic rings. The number of alkyl halides is 9. The highest BCUT2D eigenvalue weighted by molar-refractivity contribution is 5.80. The number of hydrogen-bond donors (Lipinski definition) is 1. The van der Waals surface area contributed by atoms with Gasteiger partial charge in [-0.3, -0.25) is 4.79 Å². The molecule has 0 aromatic carbocycles. The van der Waals surface area contributed by atoms with E-state index >= 15 is 0 Å². The standard InChI is InChI=1S/C21H29F9O4/c1-8-14(4,5)15(6,9-12(2)3)13(31)33-17(20(25,26)27)10-16(7,19(22,23)24)34-18(32,11-17)21(28,29)30/h9,32H,8,10-11H2,1-7H3. The monoisotopic (exact) mass is 516 g/mol. The number of allylic oxidation sites excluding steroid dienone is 1. The molecule has 0 aliphatic carbocycles. The van der Waals surface area contributed by atoms with Gasteiger partial charge in [-0.25, -0.2) is 0 Å². The predicted molar refractivity (Wildman–Crippen MR) is 102 cm³/mol. The lowest BCUT2D eigenvalue weighted by Gasteiger charge is -2.53. The molecule has 13 heteroatoms. The second-order valence-electron chi connectivity index (χ2n) is 10.0. The van der Waals surface area contributed by atoms with E-state index in [1.807, 2.05) is 0 Å². The highest BCUT2D eigenvalue weighted by Gasteiger charge is 2.78. The summed E-state index contributed by atoms with van der Waals surface area (Å²) >= 11 is 0. The van der Waals surface area contributed by atoms with Crippen LogP contribution in [0.25, 0.3) is 0 Å². The van der Waals surface area contributed by atoms with Crippen LogP contribution < -0.4 is 0 Å². The summed E-state index contributed by atoms with van der Waals surface area (Å²) in [5.41, 5.74) is -11.1. The Morgan fingerprint density at radius 3 is 1.74 bits per heavy atom. The lowest BCUT2D eigenvalue weighted by molar-refractivity contribution is -0.470. The van der Waals surface area contributed by atoms with E-state index in [0.717, 1.165) is 0 Å². The van der Waals surface area contributed by atoms with Gasteiger partial charge in [0.25, 0.3) is 5.79 Å². The van der Waals surface area contributed by atoms with Crippen LogP contribution in [0.1, 0.15) is 67.7 Å². The van der Waals surface area contributed by atoms with Gasteiger partial charge in [-0.2, -0.15) is 39.5 Å². The third-order valence-electron chi connectivity index (χ3n) is 6.68. The molecule has 200 valence electrons. The third-order valence-corrected chi connectivity index (χ3v) is 6.68. The first-order valence-electron chi connectivity index (χ1n) is 10.2. The van der Waals surface area contributed by atoms with Crippen molar-refractivity contribution in [3.05, 3.63) is 11.6 Å². The second kappa shape index (κ2) is 8.56. The Morgan fingerprint density at radius 2 is 1.41 bits per heavy atom. The molecule has 34 heavy (non-hydrogen) atoms. The van der Waals surface area contributed by atoms with Gasteiger partial charge in [0.1, 0.15) is 0 Å². The number of halogens is 9. The van der Waals surface area contributed by atoms with Gasteiger partial charge in [0.15, 0.2) is 5.60 Å². The average molecular weight is 516 g/mol. The van der Waals surface area contributed by atoms with Gasteiger partial charge in [-0.05, 0) is 39.5 Å². The fraction of sp³-hybridized carbons (Fsp3) is 0.857. The Kier molecular flexibility index (Phi) is 7.69. The summed E-state index contributed by atoms with van der Waals surface area (Å²) in [4.78, 5) is 13.2. The Labute approximate surface area is 191 Å². The molecule has 1 heterocycles. The van der Waals surface area contributed by atoms with Crippen LogP contribution >= 0.6 is 0 Å². The quantitative estimate of drug-likeness (QED) is 0.254. The van der Waals surface area contributed by atoms with Crippen molar-refractivity contribution in [1.82, 2.24) is 0 Å². The zero-order chi connectivity index (χ0) is 27.4. The molecule has 0 saturated carbocycles. The Morgan fingerprint density at radius 1 is 0.941 bits per heavy atom. The number of esters is 1. The highest BCUT2D eigenvalue weighted by Crippen LogP contribution is 2.58. The van der Waals surface area contributed by atoms with Crippen LogP contribution in [0.2, 0.25) is 0 Å². The molecule has 0 amide bonds. The van der Waals surface area contributed by atoms with E-state index < -0.39 is 65.2 Å². The molecule has 4 nitrogen and oxygen atoms in total. The minimum atomic E-state index is -6.07. The second-order valence-corrected chi connectivity index (χ2v) is 10.0. The first-order valence-corrected chi connectivity index (χ1v) is 10.2. The number of carbonyl (C=O) groups is 1. The summed E-state index contributed by atoms with van der Waals surface area (Å²) in [6.45, 7) is 8.72. The summed E-state index contributed by atoms with van der Waals surface area (Å²) in [6.07, 6.45) is -21.1. The number of aliphatic hydroxyl groups is 1. The van der Waals surface area contributed by atoms with E-state index in [1.165, 1.54) is 40.7 Å². The first kappa shape index (κ1) is 30.5. The van der Waals surface area contributed by atoms with Crippen LogP contribution in [0.15, 0.2) is 11.6 Å². The van der Waals surface area contributed by atoms with Crippen molar-refractivity contribution >= 4 is 5.97 Å². The van der Waals surface area contributed by atoms with Crippen LogP contribution in [0.3, 0.4) is 0 Å². The van der Waals surface area contributed by atoms with Crippen LogP contribution in [0.4, 0.5) is 39.5 Å². The molecule has 1 saturated heterocycles. The lowest BCUT2D eigenvalue weighted by atomic mass is 9.64. The van der Waals surface area contributed by atoms with Crippen molar-refractivity contribution in [3.8, 4) is 0 Å². The maximum absolute atomic E-state index is 14.3. The predicted octanol–water partition coefficient (Wildman–Crippen LogP) is 6.62. The van der Waals surface area contributed by atoms with E-state index in [1.54, 1.807) is 6.92 Å². The third kappa shape index (κ3) is 5.19. The largest absolute Gasteiger partial charge is 0.448 e. The molecule has 1 rings (SSSR count). The summed E-state index contributed by atoms with van der Waals surface area (Å²) in [6, 6.07) is 0. The van der Waals surface area contributed by atoms with Crippen molar-refractivity contribution < 1.29 is 58.9 Å². The molecule has 4 atom stereocenters. The van der Waals surface area contributed by atoms with Crippen LogP contribution in [0.5, 0.6) is 0 Å². The van der Waals surface area contributed by atoms with Gasteiger partial charge in [0.2, 0.25) is 5.60 Å². The van der Waals surface area contributed by atoms with Crippen molar-refractivity contribution in [1.29, 1.82) is 0 Å².